The maximum absolute atomic E-state index is 12.4. The molecule has 2 aromatic rings. The molecular weight excluding hydrogens is 348 g/mol. The average molecular weight is 367 g/mol. The van der Waals surface area contributed by atoms with Crippen molar-refractivity contribution in [3.8, 4) is 0 Å². The van der Waals surface area contributed by atoms with Crippen molar-refractivity contribution in [3.63, 3.8) is 0 Å². The maximum atomic E-state index is 12.4. The summed E-state index contributed by atoms with van der Waals surface area (Å²) >= 11 is 5.94. The second kappa shape index (κ2) is 7.68. The van der Waals surface area contributed by atoms with Crippen molar-refractivity contribution in [2.24, 2.45) is 0 Å². The quantitative estimate of drug-likeness (QED) is 0.849. The molecule has 0 atom stereocenters. The lowest BCUT2D eigenvalue weighted by Crippen LogP contribution is -2.30. The fraction of sp³-hybridized carbons (Fsp3) is 0.235. The number of anilines is 1. The second-order valence-corrected chi connectivity index (χ2v) is 7.15. The van der Waals surface area contributed by atoms with Crippen LogP contribution in [0.2, 0.25) is 5.02 Å². The number of hydrogen-bond donors (Lipinski definition) is 1. The third-order valence-electron chi connectivity index (χ3n) is 3.56. The molecular formula is C17H19ClN2O3S. The van der Waals surface area contributed by atoms with E-state index in [2.05, 4.69) is 4.72 Å². The molecule has 0 saturated carbocycles. The number of halogens is 1. The van der Waals surface area contributed by atoms with Crippen LogP contribution in [0.15, 0.2) is 53.4 Å². The zero-order chi connectivity index (χ0) is 17.7. The Morgan fingerprint density at radius 3 is 2.17 bits per heavy atom. The van der Waals surface area contributed by atoms with E-state index >= 15 is 0 Å². The number of benzene rings is 2. The van der Waals surface area contributed by atoms with Gasteiger partial charge in [0.05, 0.1) is 5.02 Å². The Morgan fingerprint density at radius 2 is 1.62 bits per heavy atom. The highest BCUT2D eigenvalue weighted by Gasteiger charge is 2.18. The molecule has 0 radical (unpaired) electrons. The lowest BCUT2D eigenvalue weighted by atomic mass is 10.2. The number of nitrogens with zero attached hydrogens (tertiary/aromatic N) is 1. The summed E-state index contributed by atoms with van der Waals surface area (Å²) in [5, 5.41) is 0.151. The molecule has 24 heavy (non-hydrogen) atoms. The van der Waals surface area contributed by atoms with Crippen LogP contribution in [0.5, 0.6) is 0 Å². The fourth-order valence-corrected chi connectivity index (χ4v) is 3.83. The standard InChI is InChI=1S/C17H19ClN2O3S/c1-3-20(4-2)17(21)13-9-11-14(12-10-13)19-24(22,23)16-8-6-5-7-15(16)18/h5-12,19H,3-4H2,1-2H3. The Balaban J connectivity index is 2.20. The molecule has 1 N–H and O–H groups in total. The number of carbonyl (C=O) groups excluding carboxylic acids is 1. The molecule has 0 fully saturated rings. The molecule has 0 unspecified atom stereocenters. The molecule has 0 aromatic heterocycles. The van der Waals surface area contributed by atoms with Gasteiger partial charge in [0.2, 0.25) is 0 Å². The first-order valence-electron chi connectivity index (χ1n) is 7.55. The molecule has 128 valence electrons. The van der Waals surface area contributed by atoms with E-state index in [4.69, 9.17) is 11.6 Å². The minimum Gasteiger partial charge on any atom is -0.339 e. The molecule has 7 heteroatoms. The van der Waals surface area contributed by atoms with Gasteiger partial charge in [0.15, 0.2) is 0 Å². The molecule has 0 spiro atoms. The predicted octanol–water partition coefficient (Wildman–Crippen LogP) is 3.62. The predicted molar refractivity (Wildman–Crippen MR) is 96.0 cm³/mol. The van der Waals surface area contributed by atoms with Gasteiger partial charge in [-0.2, -0.15) is 0 Å². The van der Waals surface area contributed by atoms with E-state index in [1.807, 2.05) is 13.8 Å². The van der Waals surface area contributed by atoms with Gasteiger partial charge in [0.1, 0.15) is 4.90 Å². The Bertz CT molecular complexity index is 816. The number of sulfonamides is 1. The van der Waals surface area contributed by atoms with E-state index in [-0.39, 0.29) is 15.8 Å². The van der Waals surface area contributed by atoms with E-state index in [9.17, 15) is 13.2 Å². The zero-order valence-electron chi connectivity index (χ0n) is 13.5. The van der Waals surface area contributed by atoms with Gasteiger partial charge in [-0.15, -0.1) is 0 Å². The van der Waals surface area contributed by atoms with Gasteiger partial charge in [-0.1, -0.05) is 23.7 Å². The van der Waals surface area contributed by atoms with Gasteiger partial charge in [0, 0.05) is 24.3 Å². The van der Waals surface area contributed by atoms with E-state index in [0.717, 1.165) is 0 Å². The lowest BCUT2D eigenvalue weighted by molar-refractivity contribution is 0.0773. The van der Waals surface area contributed by atoms with Gasteiger partial charge in [-0.05, 0) is 50.2 Å². The highest BCUT2D eigenvalue weighted by atomic mass is 35.5. The summed E-state index contributed by atoms with van der Waals surface area (Å²) in [7, 11) is -3.78. The van der Waals surface area contributed by atoms with Gasteiger partial charge in [-0.25, -0.2) is 8.42 Å². The van der Waals surface area contributed by atoms with Crippen LogP contribution in [0.25, 0.3) is 0 Å². The first kappa shape index (κ1) is 18.3. The smallest absolute Gasteiger partial charge is 0.263 e. The summed E-state index contributed by atoms with van der Waals surface area (Å²) in [6.45, 7) is 5.06. The minimum absolute atomic E-state index is 0.00922. The maximum Gasteiger partial charge on any atom is 0.263 e. The largest absolute Gasteiger partial charge is 0.339 e. The van der Waals surface area contributed by atoms with E-state index in [0.29, 0.717) is 24.3 Å². The molecule has 0 aliphatic rings. The number of amides is 1. The van der Waals surface area contributed by atoms with Crippen LogP contribution in [0.1, 0.15) is 24.2 Å². The molecule has 0 aliphatic carbocycles. The fourth-order valence-electron chi connectivity index (χ4n) is 2.25. The zero-order valence-corrected chi connectivity index (χ0v) is 15.1. The Morgan fingerprint density at radius 1 is 1.04 bits per heavy atom. The van der Waals surface area contributed by atoms with Crippen LogP contribution in [0.3, 0.4) is 0 Å². The Kier molecular flexibility index (Phi) is 5.85. The summed E-state index contributed by atoms with van der Waals surface area (Å²) in [5.41, 5.74) is 0.880. The SMILES string of the molecule is CCN(CC)C(=O)c1ccc(NS(=O)(=O)c2ccccc2Cl)cc1. The molecule has 1 amide bonds. The van der Waals surface area contributed by atoms with E-state index < -0.39 is 10.0 Å². The van der Waals surface area contributed by atoms with Crippen molar-refractivity contribution in [1.82, 2.24) is 4.90 Å². The topological polar surface area (TPSA) is 66.5 Å². The second-order valence-electron chi connectivity index (χ2n) is 5.09. The van der Waals surface area contributed by atoms with Gasteiger partial charge >= 0.3 is 0 Å². The molecule has 0 aliphatic heterocycles. The Hall–Kier alpha value is -2.05. The first-order valence-corrected chi connectivity index (χ1v) is 9.41. The van der Waals surface area contributed by atoms with Crippen molar-refractivity contribution in [2.75, 3.05) is 17.8 Å². The van der Waals surface area contributed by atoms with E-state index in [1.54, 1.807) is 41.3 Å². The number of nitrogens with one attached hydrogen (secondary N) is 1. The van der Waals surface area contributed by atoms with E-state index in [1.165, 1.54) is 12.1 Å². The third-order valence-corrected chi connectivity index (χ3v) is 5.44. The molecule has 0 saturated heterocycles. The van der Waals surface area contributed by atoms with Crippen LogP contribution in [-0.4, -0.2) is 32.3 Å². The third kappa shape index (κ3) is 4.07. The van der Waals surface area contributed by atoms with Crippen molar-refractivity contribution < 1.29 is 13.2 Å². The van der Waals surface area contributed by atoms with Crippen molar-refractivity contribution in [3.05, 3.63) is 59.1 Å². The monoisotopic (exact) mass is 366 g/mol. The van der Waals surface area contributed by atoms with Gasteiger partial charge < -0.3 is 4.90 Å². The van der Waals surface area contributed by atoms with Crippen molar-refractivity contribution >= 4 is 33.2 Å². The highest BCUT2D eigenvalue weighted by molar-refractivity contribution is 7.92. The number of rotatable bonds is 6. The summed E-state index contributed by atoms with van der Waals surface area (Å²) in [6, 6.07) is 12.5. The molecule has 2 aromatic carbocycles. The van der Waals surface area contributed by atoms with Crippen LogP contribution in [-0.2, 0) is 10.0 Å². The summed E-state index contributed by atoms with van der Waals surface area (Å²) in [4.78, 5) is 13.9. The normalized spacial score (nSPS) is 11.1. The van der Waals surface area contributed by atoms with Gasteiger partial charge in [-0.3, -0.25) is 9.52 Å². The summed E-state index contributed by atoms with van der Waals surface area (Å²) < 4.78 is 27.2. The average Bonchev–Trinajstić information content (AvgIpc) is 2.56. The lowest BCUT2D eigenvalue weighted by Gasteiger charge is -2.18. The molecule has 2 rings (SSSR count). The number of hydrogen-bond acceptors (Lipinski definition) is 3. The number of carbonyl (C=O) groups is 1. The van der Waals surface area contributed by atoms with Crippen molar-refractivity contribution in [2.45, 2.75) is 18.7 Å². The van der Waals surface area contributed by atoms with Crippen LogP contribution in [0, 0.1) is 0 Å². The Labute approximate surface area is 147 Å². The summed E-state index contributed by atoms with van der Waals surface area (Å²) in [6.07, 6.45) is 0. The summed E-state index contributed by atoms with van der Waals surface area (Å²) in [5.74, 6) is -0.0829. The molecule has 5 nitrogen and oxygen atoms in total. The van der Waals surface area contributed by atoms with Crippen LogP contribution in [0.4, 0.5) is 5.69 Å². The van der Waals surface area contributed by atoms with Crippen LogP contribution < -0.4 is 4.72 Å². The minimum atomic E-state index is -3.78. The highest BCUT2D eigenvalue weighted by Crippen LogP contribution is 2.23. The first-order chi connectivity index (χ1) is 11.4. The van der Waals surface area contributed by atoms with Crippen LogP contribution >= 0.6 is 11.6 Å². The molecule has 0 bridgehead atoms. The van der Waals surface area contributed by atoms with Crippen molar-refractivity contribution in [1.29, 1.82) is 0 Å². The van der Waals surface area contributed by atoms with Gasteiger partial charge in [0.25, 0.3) is 15.9 Å². The molecule has 0 heterocycles.